The molecule has 3 aromatic carbocycles. The van der Waals surface area contributed by atoms with Crippen molar-refractivity contribution in [1.29, 1.82) is 0 Å². The third-order valence-corrected chi connectivity index (χ3v) is 7.11. The second-order valence-electron chi connectivity index (χ2n) is 7.72. The van der Waals surface area contributed by atoms with Gasteiger partial charge in [0.1, 0.15) is 18.9 Å². The lowest BCUT2D eigenvalue weighted by Crippen LogP contribution is -2.42. The van der Waals surface area contributed by atoms with E-state index in [0.29, 0.717) is 16.3 Å². The number of hydrogen-bond donors (Lipinski definition) is 1. The van der Waals surface area contributed by atoms with Crippen molar-refractivity contribution in [3.8, 4) is 5.75 Å². The summed E-state index contributed by atoms with van der Waals surface area (Å²) in [6.45, 7) is 5.71. The van der Waals surface area contributed by atoms with Crippen LogP contribution in [0.25, 0.3) is 0 Å². The molecule has 1 amide bonds. The quantitative estimate of drug-likeness (QED) is 0.446. The van der Waals surface area contributed by atoms with E-state index < -0.39 is 15.9 Å². The van der Waals surface area contributed by atoms with Gasteiger partial charge >= 0.3 is 0 Å². The van der Waals surface area contributed by atoms with Gasteiger partial charge in [0.15, 0.2) is 0 Å². The summed E-state index contributed by atoms with van der Waals surface area (Å²) in [7, 11) is -3.98. The van der Waals surface area contributed by atoms with Gasteiger partial charge in [0, 0.05) is 5.02 Å². The van der Waals surface area contributed by atoms with Crippen molar-refractivity contribution in [2.45, 2.75) is 25.7 Å². The molecule has 0 saturated carbocycles. The number of nitrogens with one attached hydrogen (secondary N) is 1. The van der Waals surface area contributed by atoms with Crippen LogP contribution < -0.4 is 14.4 Å². The van der Waals surface area contributed by atoms with E-state index in [9.17, 15) is 13.2 Å². The maximum atomic E-state index is 13.5. The van der Waals surface area contributed by atoms with E-state index >= 15 is 0 Å². The molecule has 3 aromatic rings. The number of halogens is 1. The van der Waals surface area contributed by atoms with Gasteiger partial charge in [0.05, 0.1) is 17.1 Å². The van der Waals surface area contributed by atoms with Crippen LogP contribution in [0.4, 0.5) is 5.69 Å². The molecule has 1 N–H and O–H groups in total. The molecule has 0 bridgehead atoms. The maximum absolute atomic E-state index is 13.5. The van der Waals surface area contributed by atoms with E-state index in [-0.39, 0.29) is 24.6 Å². The summed E-state index contributed by atoms with van der Waals surface area (Å²) in [5.41, 5.74) is 2.98. The summed E-state index contributed by atoms with van der Waals surface area (Å²) in [6, 6.07) is 19.0. The number of carbonyl (C=O) groups is 1. The van der Waals surface area contributed by atoms with E-state index in [2.05, 4.69) is 5.32 Å². The van der Waals surface area contributed by atoms with Gasteiger partial charge < -0.3 is 10.1 Å². The molecule has 0 aliphatic rings. The van der Waals surface area contributed by atoms with Crippen LogP contribution in [-0.2, 0) is 14.8 Å². The van der Waals surface area contributed by atoms with Crippen molar-refractivity contribution >= 4 is 33.2 Å². The highest BCUT2D eigenvalue weighted by Crippen LogP contribution is 2.29. The molecular formula is C25H27ClN2O4S. The SMILES string of the molecule is Cc1ccc(S(=O)(=O)N(CC(=O)NCCOc2ccccc2C)c2ccc(Cl)cc2C)cc1. The van der Waals surface area contributed by atoms with Gasteiger partial charge in [0.25, 0.3) is 10.0 Å². The van der Waals surface area contributed by atoms with Crippen LogP contribution in [-0.4, -0.2) is 34.0 Å². The number of benzene rings is 3. The number of sulfonamides is 1. The highest BCUT2D eigenvalue weighted by molar-refractivity contribution is 7.92. The maximum Gasteiger partial charge on any atom is 0.264 e. The lowest BCUT2D eigenvalue weighted by molar-refractivity contribution is -0.119. The Hall–Kier alpha value is -3.03. The highest BCUT2D eigenvalue weighted by Gasteiger charge is 2.28. The molecule has 0 fully saturated rings. The van der Waals surface area contributed by atoms with Gasteiger partial charge in [-0.2, -0.15) is 0 Å². The first-order valence-electron chi connectivity index (χ1n) is 10.5. The summed E-state index contributed by atoms with van der Waals surface area (Å²) in [5.74, 6) is 0.306. The van der Waals surface area contributed by atoms with E-state index in [1.54, 1.807) is 37.3 Å². The van der Waals surface area contributed by atoms with Crippen LogP contribution in [0.3, 0.4) is 0 Å². The average molecular weight is 487 g/mol. The number of ether oxygens (including phenoxy) is 1. The number of hydrogen-bond acceptors (Lipinski definition) is 4. The first-order chi connectivity index (χ1) is 15.7. The summed E-state index contributed by atoms with van der Waals surface area (Å²) < 4.78 is 33.7. The van der Waals surface area contributed by atoms with Crippen molar-refractivity contribution < 1.29 is 17.9 Å². The number of rotatable bonds is 9. The molecule has 3 rings (SSSR count). The normalized spacial score (nSPS) is 11.2. The molecule has 0 heterocycles. The Morgan fingerprint density at radius 3 is 2.33 bits per heavy atom. The van der Waals surface area contributed by atoms with E-state index in [4.69, 9.17) is 16.3 Å². The minimum atomic E-state index is -3.98. The molecule has 0 unspecified atom stereocenters. The third-order valence-electron chi connectivity index (χ3n) is 5.10. The van der Waals surface area contributed by atoms with Crippen molar-refractivity contribution in [3.05, 3.63) is 88.4 Å². The number of amides is 1. The molecule has 33 heavy (non-hydrogen) atoms. The summed E-state index contributed by atoms with van der Waals surface area (Å²) in [5, 5.41) is 3.23. The van der Waals surface area contributed by atoms with E-state index in [1.807, 2.05) is 38.1 Å². The summed E-state index contributed by atoms with van der Waals surface area (Å²) in [4.78, 5) is 12.8. The molecular weight excluding hydrogens is 460 g/mol. The molecule has 6 nitrogen and oxygen atoms in total. The lowest BCUT2D eigenvalue weighted by Gasteiger charge is -2.26. The Morgan fingerprint density at radius 2 is 1.67 bits per heavy atom. The Labute approximate surface area is 200 Å². The Kier molecular flexibility index (Phi) is 8.00. The van der Waals surface area contributed by atoms with Gasteiger partial charge in [0.2, 0.25) is 5.91 Å². The molecule has 0 aromatic heterocycles. The van der Waals surface area contributed by atoms with E-state index in [1.165, 1.54) is 12.1 Å². The summed E-state index contributed by atoms with van der Waals surface area (Å²) in [6.07, 6.45) is 0. The van der Waals surface area contributed by atoms with Crippen LogP contribution in [0.1, 0.15) is 16.7 Å². The zero-order chi connectivity index (χ0) is 24.0. The molecule has 0 aliphatic carbocycles. The standard InChI is InChI=1S/C25H27ClN2O4S/c1-18-8-11-22(12-9-18)33(30,31)28(23-13-10-21(26)16-20(23)3)17-25(29)27-14-15-32-24-7-5-4-6-19(24)2/h4-13,16H,14-15,17H2,1-3H3,(H,27,29). The first-order valence-corrected chi connectivity index (χ1v) is 12.3. The number of para-hydroxylation sites is 1. The Balaban J connectivity index is 1.76. The van der Waals surface area contributed by atoms with Gasteiger partial charge in [-0.15, -0.1) is 0 Å². The second kappa shape index (κ2) is 10.7. The monoisotopic (exact) mass is 486 g/mol. The minimum Gasteiger partial charge on any atom is -0.491 e. The summed E-state index contributed by atoms with van der Waals surface area (Å²) >= 11 is 6.06. The van der Waals surface area contributed by atoms with Crippen LogP contribution in [0.15, 0.2) is 71.6 Å². The zero-order valence-corrected chi connectivity index (χ0v) is 20.4. The van der Waals surface area contributed by atoms with Gasteiger partial charge in [-0.3, -0.25) is 9.10 Å². The lowest BCUT2D eigenvalue weighted by atomic mass is 10.2. The highest BCUT2D eigenvalue weighted by atomic mass is 35.5. The third kappa shape index (κ3) is 6.27. The van der Waals surface area contributed by atoms with Crippen LogP contribution in [0.5, 0.6) is 5.75 Å². The van der Waals surface area contributed by atoms with Gasteiger partial charge in [-0.05, 0) is 68.3 Å². The molecule has 0 spiro atoms. The van der Waals surface area contributed by atoms with Crippen LogP contribution in [0, 0.1) is 20.8 Å². The second-order valence-corrected chi connectivity index (χ2v) is 10.0. The fourth-order valence-electron chi connectivity index (χ4n) is 3.29. The van der Waals surface area contributed by atoms with E-state index in [0.717, 1.165) is 21.2 Å². The minimum absolute atomic E-state index is 0.109. The number of nitrogens with zero attached hydrogens (tertiary/aromatic N) is 1. The Bertz CT molecular complexity index is 1230. The molecule has 8 heteroatoms. The van der Waals surface area contributed by atoms with Gasteiger partial charge in [-0.1, -0.05) is 47.5 Å². The van der Waals surface area contributed by atoms with Crippen molar-refractivity contribution in [3.63, 3.8) is 0 Å². The van der Waals surface area contributed by atoms with Gasteiger partial charge in [-0.25, -0.2) is 8.42 Å². The molecule has 0 radical (unpaired) electrons. The Morgan fingerprint density at radius 1 is 0.970 bits per heavy atom. The number of aryl methyl sites for hydroxylation is 3. The zero-order valence-electron chi connectivity index (χ0n) is 18.8. The predicted molar refractivity (Wildman–Crippen MR) is 132 cm³/mol. The van der Waals surface area contributed by atoms with Crippen molar-refractivity contribution in [2.24, 2.45) is 0 Å². The fraction of sp³-hybridized carbons (Fsp3) is 0.240. The average Bonchev–Trinajstić information content (AvgIpc) is 2.77. The fourth-order valence-corrected chi connectivity index (χ4v) is 5.00. The van der Waals surface area contributed by atoms with Crippen molar-refractivity contribution in [1.82, 2.24) is 5.32 Å². The van der Waals surface area contributed by atoms with Crippen molar-refractivity contribution in [2.75, 3.05) is 24.0 Å². The predicted octanol–water partition coefficient (Wildman–Crippen LogP) is 4.66. The van der Waals surface area contributed by atoms with Crippen LogP contribution >= 0.6 is 11.6 Å². The molecule has 174 valence electrons. The molecule has 0 saturated heterocycles. The number of anilines is 1. The smallest absolute Gasteiger partial charge is 0.264 e. The number of carbonyl (C=O) groups excluding carboxylic acids is 1. The largest absolute Gasteiger partial charge is 0.491 e. The topological polar surface area (TPSA) is 75.7 Å². The van der Waals surface area contributed by atoms with Crippen LogP contribution in [0.2, 0.25) is 5.02 Å². The molecule has 0 aliphatic heterocycles. The first kappa shape index (κ1) is 24.6. The molecule has 0 atom stereocenters.